The molecule has 0 aromatic heterocycles. The molecule has 1 heterocycles. The van der Waals surface area contributed by atoms with Crippen molar-refractivity contribution < 1.29 is 4.79 Å². The lowest BCUT2D eigenvalue weighted by Crippen LogP contribution is -2.40. The van der Waals surface area contributed by atoms with Crippen LogP contribution in [-0.2, 0) is 4.79 Å². The van der Waals surface area contributed by atoms with Gasteiger partial charge >= 0.3 is 0 Å². The van der Waals surface area contributed by atoms with Gasteiger partial charge in [-0.1, -0.05) is 11.6 Å². The van der Waals surface area contributed by atoms with Crippen LogP contribution in [0.15, 0.2) is 22.7 Å². The van der Waals surface area contributed by atoms with Crippen LogP contribution < -0.4 is 10.6 Å². The summed E-state index contributed by atoms with van der Waals surface area (Å²) in [6.07, 6.45) is 1.78. The van der Waals surface area contributed by atoms with E-state index in [4.69, 9.17) is 11.6 Å². The second-order valence-corrected chi connectivity index (χ2v) is 5.96. The molecule has 2 N–H and O–H groups in total. The van der Waals surface area contributed by atoms with Crippen molar-refractivity contribution in [3.8, 4) is 0 Å². The fraction of sp³-hybridized carbons (Fsp3) is 0.462. The van der Waals surface area contributed by atoms with Gasteiger partial charge in [-0.3, -0.25) is 4.79 Å². The molecule has 0 radical (unpaired) electrons. The molecular formula is C13H16BrClN2O. The molecular weight excluding hydrogens is 316 g/mol. The van der Waals surface area contributed by atoms with E-state index in [0.717, 1.165) is 29.5 Å². The van der Waals surface area contributed by atoms with E-state index in [0.29, 0.717) is 11.1 Å². The lowest BCUT2D eigenvalue weighted by molar-refractivity contribution is -0.120. The molecule has 0 saturated carbocycles. The second-order valence-electron chi connectivity index (χ2n) is 4.69. The van der Waals surface area contributed by atoms with E-state index >= 15 is 0 Å². The maximum atomic E-state index is 12.1. The normalized spacial score (nSPS) is 23.7. The minimum atomic E-state index is 0.0932. The van der Waals surface area contributed by atoms with Crippen molar-refractivity contribution in [1.29, 1.82) is 0 Å². The Morgan fingerprint density at radius 2 is 2.33 bits per heavy atom. The quantitative estimate of drug-likeness (QED) is 0.872. The predicted octanol–water partition coefficient (Wildman–Crippen LogP) is 3.43. The summed E-state index contributed by atoms with van der Waals surface area (Å²) in [5, 5.41) is 6.93. The van der Waals surface area contributed by atoms with E-state index in [2.05, 4.69) is 33.5 Å². The number of hydrogen-bond donors (Lipinski definition) is 2. The number of benzene rings is 1. The van der Waals surface area contributed by atoms with Gasteiger partial charge in [0.2, 0.25) is 5.91 Å². The Morgan fingerprint density at radius 1 is 1.56 bits per heavy atom. The highest BCUT2D eigenvalue weighted by atomic mass is 79.9. The zero-order chi connectivity index (χ0) is 13.1. The first-order valence-corrected chi connectivity index (χ1v) is 7.22. The Bertz CT molecular complexity index is 453. The summed E-state index contributed by atoms with van der Waals surface area (Å²) in [6.45, 7) is 3.02. The van der Waals surface area contributed by atoms with Crippen molar-refractivity contribution in [1.82, 2.24) is 5.32 Å². The van der Waals surface area contributed by atoms with E-state index in [-0.39, 0.29) is 11.8 Å². The Kier molecular flexibility index (Phi) is 4.65. The van der Waals surface area contributed by atoms with E-state index < -0.39 is 0 Å². The van der Waals surface area contributed by atoms with Crippen molar-refractivity contribution in [2.75, 3.05) is 11.9 Å². The number of rotatable bonds is 2. The third kappa shape index (κ3) is 3.46. The summed E-state index contributed by atoms with van der Waals surface area (Å²) in [5.41, 5.74) is 0.780. The van der Waals surface area contributed by atoms with Gasteiger partial charge in [0.15, 0.2) is 0 Å². The molecule has 0 unspecified atom stereocenters. The zero-order valence-electron chi connectivity index (χ0n) is 10.2. The summed E-state index contributed by atoms with van der Waals surface area (Å²) in [6, 6.07) is 5.82. The van der Waals surface area contributed by atoms with Crippen LogP contribution in [0.25, 0.3) is 0 Å². The van der Waals surface area contributed by atoms with Crippen LogP contribution in [0.3, 0.4) is 0 Å². The topological polar surface area (TPSA) is 41.1 Å². The largest absolute Gasteiger partial charge is 0.326 e. The summed E-state index contributed by atoms with van der Waals surface area (Å²) in [7, 11) is 0. The highest BCUT2D eigenvalue weighted by Gasteiger charge is 2.24. The molecule has 1 aliphatic heterocycles. The molecule has 98 valence electrons. The zero-order valence-corrected chi connectivity index (χ0v) is 12.5. The number of amides is 1. The van der Waals surface area contributed by atoms with Crippen LogP contribution in [0.4, 0.5) is 5.69 Å². The summed E-state index contributed by atoms with van der Waals surface area (Å²) in [5.74, 6) is 0.188. The Hall–Kier alpha value is -0.580. The standard InChI is InChI=1S/C13H16BrClN2O/c1-8-6-9(4-5-16-8)13(18)17-10-2-3-12(15)11(14)7-10/h2-3,7-9,16H,4-6H2,1H3,(H,17,18)/t8-,9-/m0/s1. The molecule has 1 amide bonds. The average Bonchev–Trinajstić information content (AvgIpc) is 2.34. The molecule has 2 rings (SSSR count). The van der Waals surface area contributed by atoms with Gasteiger partial charge in [0.1, 0.15) is 0 Å². The first-order valence-electron chi connectivity index (χ1n) is 6.05. The number of anilines is 1. The number of carbonyl (C=O) groups is 1. The third-order valence-corrected chi connectivity index (χ3v) is 4.40. The van der Waals surface area contributed by atoms with Crippen molar-refractivity contribution in [2.24, 2.45) is 5.92 Å². The number of halogens is 2. The van der Waals surface area contributed by atoms with Gasteiger partial charge in [-0.2, -0.15) is 0 Å². The molecule has 1 aromatic carbocycles. The van der Waals surface area contributed by atoms with Crippen LogP contribution in [0, 0.1) is 5.92 Å². The van der Waals surface area contributed by atoms with Gasteiger partial charge in [-0.05, 0) is 60.4 Å². The molecule has 18 heavy (non-hydrogen) atoms. The van der Waals surface area contributed by atoms with Crippen molar-refractivity contribution in [2.45, 2.75) is 25.8 Å². The van der Waals surface area contributed by atoms with Crippen molar-refractivity contribution in [3.63, 3.8) is 0 Å². The monoisotopic (exact) mass is 330 g/mol. The van der Waals surface area contributed by atoms with Gasteiger partial charge < -0.3 is 10.6 Å². The lowest BCUT2D eigenvalue weighted by Gasteiger charge is -2.27. The molecule has 1 fully saturated rings. The van der Waals surface area contributed by atoms with Gasteiger partial charge in [0, 0.05) is 22.1 Å². The smallest absolute Gasteiger partial charge is 0.227 e. The fourth-order valence-electron chi connectivity index (χ4n) is 2.19. The summed E-state index contributed by atoms with van der Waals surface area (Å²) < 4.78 is 0.792. The molecule has 0 aliphatic carbocycles. The van der Waals surface area contributed by atoms with Gasteiger partial charge in [-0.15, -0.1) is 0 Å². The van der Waals surface area contributed by atoms with Gasteiger partial charge in [0.05, 0.1) is 5.02 Å². The minimum absolute atomic E-state index is 0.0932. The molecule has 1 saturated heterocycles. The SMILES string of the molecule is C[C@H]1C[C@@H](C(=O)Nc2ccc(Cl)c(Br)c2)CCN1. The minimum Gasteiger partial charge on any atom is -0.326 e. The van der Waals surface area contributed by atoms with Crippen LogP contribution in [-0.4, -0.2) is 18.5 Å². The molecule has 0 bridgehead atoms. The van der Waals surface area contributed by atoms with E-state index in [9.17, 15) is 4.79 Å². The summed E-state index contributed by atoms with van der Waals surface area (Å²) >= 11 is 9.27. The van der Waals surface area contributed by atoms with E-state index in [1.54, 1.807) is 6.07 Å². The average molecular weight is 332 g/mol. The number of nitrogens with one attached hydrogen (secondary N) is 2. The fourth-order valence-corrected chi connectivity index (χ4v) is 2.68. The van der Waals surface area contributed by atoms with Crippen LogP contribution in [0.2, 0.25) is 5.02 Å². The van der Waals surface area contributed by atoms with E-state index in [1.807, 2.05) is 12.1 Å². The van der Waals surface area contributed by atoms with Gasteiger partial charge in [-0.25, -0.2) is 0 Å². The lowest BCUT2D eigenvalue weighted by atomic mass is 9.92. The second kappa shape index (κ2) is 6.04. The van der Waals surface area contributed by atoms with Gasteiger partial charge in [0.25, 0.3) is 0 Å². The number of carbonyl (C=O) groups excluding carboxylic acids is 1. The number of hydrogen-bond acceptors (Lipinski definition) is 2. The highest BCUT2D eigenvalue weighted by Crippen LogP contribution is 2.26. The maximum Gasteiger partial charge on any atom is 0.227 e. The molecule has 5 heteroatoms. The number of piperidine rings is 1. The third-order valence-electron chi connectivity index (χ3n) is 3.18. The molecule has 2 atom stereocenters. The Balaban J connectivity index is 2.00. The molecule has 1 aromatic rings. The first kappa shape index (κ1) is 13.8. The highest BCUT2D eigenvalue weighted by molar-refractivity contribution is 9.10. The van der Waals surface area contributed by atoms with Crippen LogP contribution in [0.5, 0.6) is 0 Å². The first-order chi connectivity index (χ1) is 8.56. The molecule has 3 nitrogen and oxygen atoms in total. The van der Waals surface area contributed by atoms with E-state index in [1.165, 1.54) is 0 Å². The van der Waals surface area contributed by atoms with Crippen molar-refractivity contribution >= 4 is 39.1 Å². The maximum absolute atomic E-state index is 12.1. The molecule has 0 spiro atoms. The Morgan fingerprint density at radius 3 is 3.00 bits per heavy atom. The van der Waals surface area contributed by atoms with Crippen LogP contribution >= 0.6 is 27.5 Å². The molecule has 1 aliphatic rings. The van der Waals surface area contributed by atoms with Crippen LogP contribution in [0.1, 0.15) is 19.8 Å². The van der Waals surface area contributed by atoms with Crippen molar-refractivity contribution in [3.05, 3.63) is 27.7 Å². The summed E-state index contributed by atoms with van der Waals surface area (Å²) in [4.78, 5) is 12.1. The Labute approximate surface area is 120 Å². The predicted molar refractivity (Wildman–Crippen MR) is 78.0 cm³/mol.